The number of hydrogen-bond donors (Lipinski definition) is 2. The minimum Gasteiger partial charge on any atom is -0.353 e. The van der Waals surface area contributed by atoms with Gasteiger partial charge in [-0.05, 0) is 12.1 Å². The molecule has 0 radical (unpaired) electrons. The van der Waals surface area contributed by atoms with E-state index in [2.05, 4.69) is 17.0 Å². The van der Waals surface area contributed by atoms with Gasteiger partial charge in [0.15, 0.2) is 0 Å². The van der Waals surface area contributed by atoms with E-state index in [1.807, 2.05) is 0 Å². The highest BCUT2D eigenvalue weighted by atomic mass is 16.2. The highest BCUT2D eigenvalue weighted by Gasteiger charge is 2.07. The first-order valence-electron chi connectivity index (χ1n) is 6.23. The lowest BCUT2D eigenvalue weighted by atomic mass is 10.2. The van der Waals surface area contributed by atoms with Crippen LogP contribution >= 0.6 is 0 Å². The van der Waals surface area contributed by atoms with E-state index >= 15 is 0 Å². The van der Waals surface area contributed by atoms with Crippen molar-refractivity contribution in [3.8, 4) is 0 Å². The molecule has 0 saturated heterocycles. The minimum atomic E-state index is -0.341. The number of amides is 1. The van der Waals surface area contributed by atoms with E-state index in [1.165, 1.54) is 0 Å². The van der Waals surface area contributed by atoms with Gasteiger partial charge in [0.2, 0.25) is 5.91 Å². The number of rotatable bonds is 5. The third-order valence-electron chi connectivity index (χ3n) is 2.89. The van der Waals surface area contributed by atoms with Gasteiger partial charge in [0, 0.05) is 13.0 Å². The van der Waals surface area contributed by atoms with Crippen LogP contribution in [0.1, 0.15) is 6.42 Å². The first-order chi connectivity index (χ1) is 9.63. The lowest BCUT2D eigenvalue weighted by Gasteiger charge is -2.07. The Hall–Kier alpha value is -2.63. The van der Waals surface area contributed by atoms with Crippen LogP contribution in [0.15, 0.2) is 46.5 Å². The van der Waals surface area contributed by atoms with Gasteiger partial charge in [0.05, 0.1) is 17.3 Å². The molecule has 1 amide bonds. The van der Waals surface area contributed by atoms with Crippen LogP contribution in [0.25, 0.3) is 10.8 Å². The molecule has 1 heterocycles. The van der Waals surface area contributed by atoms with Crippen molar-refractivity contribution < 1.29 is 4.79 Å². The quantitative estimate of drug-likeness (QED) is 0.773. The molecule has 6 nitrogen and oxygen atoms in total. The van der Waals surface area contributed by atoms with Gasteiger partial charge in [-0.2, -0.15) is 0 Å². The molecule has 1 aromatic heterocycles. The molecule has 0 aliphatic rings. The summed E-state index contributed by atoms with van der Waals surface area (Å²) in [6.45, 7) is 4.00. The number of aromatic nitrogens is 2. The van der Waals surface area contributed by atoms with E-state index in [4.69, 9.17) is 0 Å². The third kappa shape index (κ3) is 2.85. The zero-order valence-electron chi connectivity index (χ0n) is 10.9. The second-order valence-electron chi connectivity index (χ2n) is 4.29. The van der Waals surface area contributed by atoms with Gasteiger partial charge in [-0.25, -0.2) is 4.68 Å². The molecule has 0 atom stereocenters. The van der Waals surface area contributed by atoms with E-state index in [0.717, 1.165) is 4.68 Å². The molecule has 2 aromatic rings. The van der Waals surface area contributed by atoms with Gasteiger partial charge < -0.3 is 5.32 Å². The van der Waals surface area contributed by atoms with Crippen LogP contribution in [-0.4, -0.2) is 22.2 Å². The van der Waals surface area contributed by atoms with Gasteiger partial charge in [0.1, 0.15) is 0 Å². The summed E-state index contributed by atoms with van der Waals surface area (Å²) in [4.78, 5) is 35.5. The number of fused-ring (bicyclic) bond motifs is 1. The number of aromatic amines is 1. The van der Waals surface area contributed by atoms with Gasteiger partial charge in [-0.3, -0.25) is 19.5 Å². The van der Waals surface area contributed by atoms with Crippen molar-refractivity contribution in [3.63, 3.8) is 0 Å². The van der Waals surface area contributed by atoms with Crippen molar-refractivity contribution in [2.75, 3.05) is 6.54 Å². The summed E-state index contributed by atoms with van der Waals surface area (Å²) < 4.78 is 1.16. The maximum Gasteiger partial charge on any atom is 0.273 e. The van der Waals surface area contributed by atoms with Crippen LogP contribution in [0.3, 0.4) is 0 Å². The molecular formula is C14H15N3O3. The summed E-state index contributed by atoms with van der Waals surface area (Å²) >= 11 is 0. The predicted octanol–water partition coefficient (Wildman–Crippen LogP) is 0.382. The van der Waals surface area contributed by atoms with Gasteiger partial charge in [-0.1, -0.05) is 18.2 Å². The third-order valence-corrected chi connectivity index (χ3v) is 2.89. The molecule has 2 N–H and O–H groups in total. The first-order valence-corrected chi connectivity index (χ1v) is 6.23. The summed E-state index contributed by atoms with van der Waals surface area (Å²) in [6.07, 6.45) is 1.68. The van der Waals surface area contributed by atoms with Crippen LogP contribution in [0.5, 0.6) is 0 Å². The molecule has 0 fully saturated rings. The van der Waals surface area contributed by atoms with Crippen LogP contribution in [-0.2, 0) is 11.3 Å². The van der Waals surface area contributed by atoms with Crippen LogP contribution in [0, 0.1) is 0 Å². The van der Waals surface area contributed by atoms with Crippen molar-refractivity contribution >= 4 is 16.7 Å². The highest BCUT2D eigenvalue weighted by Crippen LogP contribution is 2.02. The molecular weight excluding hydrogens is 258 g/mol. The van der Waals surface area contributed by atoms with E-state index in [9.17, 15) is 14.4 Å². The number of nitrogens with zero attached hydrogens (tertiary/aromatic N) is 1. The number of carbonyl (C=O) groups is 1. The fourth-order valence-electron chi connectivity index (χ4n) is 1.89. The zero-order chi connectivity index (χ0) is 14.5. The molecule has 20 heavy (non-hydrogen) atoms. The maximum absolute atomic E-state index is 12.2. The summed E-state index contributed by atoms with van der Waals surface area (Å²) in [6, 6.07) is 6.59. The van der Waals surface area contributed by atoms with E-state index in [1.54, 1.807) is 30.3 Å². The average molecular weight is 273 g/mol. The molecule has 1 aromatic carbocycles. The molecule has 0 spiro atoms. The summed E-state index contributed by atoms with van der Waals surface area (Å²) in [5.74, 6) is -0.203. The van der Waals surface area contributed by atoms with Gasteiger partial charge in [-0.15, -0.1) is 6.58 Å². The standard InChI is InChI=1S/C14H15N3O3/c1-2-8-15-12(18)7-9-17-14(20)11-6-4-3-5-10(11)13(19)16-17/h2-6H,1,7-9H2,(H,15,18)(H,16,19). The number of H-pyrrole nitrogens is 1. The van der Waals surface area contributed by atoms with E-state index in [-0.39, 0.29) is 30.0 Å². The monoisotopic (exact) mass is 273 g/mol. The average Bonchev–Trinajstić information content (AvgIpc) is 2.47. The molecule has 0 aliphatic heterocycles. The summed E-state index contributed by atoms with van der Waals surface area (Å²) in [7, 11) is 0. The topological polar surface area (TPSA) is 84.0 Å². The molecule has 0 unspecified atom stereocenters. The summed E-state index contributed by atoms with van der Waals surface area (Å²) in [5, 5.41) is 5.79. The number of carbonyl (C=O) groups excluding carboxylic acids is 1. The number of hydrogen-bond acceptors (Lipinski definition) is 3. The predicted molar refractivity (Wildman–Crippen MR) is 76.7 cm³/mol. The molecule has 0 saturated carbocycles. The molecule has 0 bridgehead atoms. The fraction of sp³-hybridized carbons (Fsp3) is 0.214. The minimum absolute atomic E-state index is 0.113. The Balaban J connectivity index is 2.25. The zero-order valence-corrected chi connectivity index (χ0v) is 10.9. The molecule has 2 rings (SSSR count). The van der Waals surface area contributed by atoms with Crippen molar-refractivity contribution in [1.29, 1.82) is 0 Å². The Kier molecular flexibility index (Phi) is 4.14. The molecule has 6 heteroatoms. The fourth-order valence-corrected chi connectivity index (χ4v) is 1.89. The highest BCUT2D eigenvalue weighted by molar-refractivity contribution is 5.80. The Morgan fingerprint density at radius 1 is 1.30 bits per heavy atom. The number of benzene rings is 1. The van der Waals surface area contributed by atoms with Crippen LogP contribution in [0.2, 0.25) is 0 Å². The van der Waals surface area contributed by atoms with Crippen molar-refractivity contribution in [1.82, 2.24) is 15.1 Å². The lowest BCUT2D eigenvalue weighted by molar-refractivity contribution is -0.121. The summed E-state index contributed by atoms with van der Waals surface area (Å²) in [5.41, 5.74) is -0.650. The lowest BCUT2D eigenvalue weighted by Crippen LogP contribution is -2.32. The second-order valence-corrected chi connectivity index (χ2v) is 4.29. The van der Waals surface area contributed by atoms with E-state index in [0.29, 0.717) is 17.3 Å². The van der Waals surface area contributed by atoms with Crippen molar-refractivity contribution in [2.45, 2.75) is 13.0 Å². The SMILES string of the molecule is C=CCNC(=O)CCn1[nH]c(=O)c2ccccc2c1=O. The first kappa shape index (κ1) is 13.8. The van der Waals surface area contributed by atoms with E-state index < -0.39 is 0 Å². The molecule has 104 valence electrons. The Morgan fingerprint density at radius 2 is 2.00 bits per heavy atom. The van der Waals surface area contributed by atoms with Crippen LogP contribution in [0.4, 0.5) is 0 Å². The van der Waals surface area contributed by atoms with Gasteiger partial charge in [0.25, 0.3) is 11.1 Å². The van der Waals surface area contributed by atoms with Crippen molar-refractivity contribution in [2.24, 2.45) is 0 Å². The Morgan fingerprint density at radius 3 is 2.70 bits per heavy atom. The molecule has 0 aliphatic carbocycles. The largest absolute Gasteiger partial charge is 0.353 e. The Bertz CT molecular complexity index is 758. The normalized spacial score (nSPS) is 10.4. The van der Waals surface area contributed by atoms with Gasteiger partial charge >= 0.3 is 0 Å². The number of nitrogens with one attached hydrogen (secondary N) is 2. The van der Waals surface area contributed by atoms with Crippen LogP contribution < -0.4 is 16.4 Å². The second kappa shape index (κ2) is 6.01. The maximum atomic E-state index is 12.2. The van der Waals surface area contributed by atoms with Crippen molar-refractivity contribution in [3.05, 3.63) is 57.6 Å². The number of aryl methyl sites for hydroxylation is 1. The Labute approximate surface area is 114 Å². The smallest absolute Gasteiger partial charge is 0.273 e.